The molecule has 7 heteroatoms. The molecule has 144 valence electrons. The van der Waals surface area contributed by atoms with Crippen LogP contribution in [0.25, 0.3) is 11.0 Å². The zero-order chi connectivity index (χ0) is 19.5. The van der Waals surface area contributed by atoms with Crippen molar-refractivity contribution in [1.29, 1.82) is 0 Å². The maximum Gasteiger partial charge on any atom is 0.267 e. The van der Waals surface area contributed by atoms with Crippen LogP contribution in [0.2, 0.25) is 0 Å². The maximum absolute atomic E-state index is 12.5. The zero-order valence-corrected chi connectivity index (χ0v) is 15.9. The summed E-state index contributed by atoms with van der Waals surface area (Å²) in [7, 11) is 2.00. The van der Waals surface area contributed by atoms with Crippen LogP contribution >= 0.6 is 0 Å². The first-order valence-electron chi connectivity index (χ1n) is 9.62. The molecule has 3 aromatic rings. The molecule has 1 saturated carbocycles. The van der Waals surface area contributed by atoms with E-state index in [-0.39, 0.29) is 24.3 Å². The molecule has 0 bridgehead atoms. The van der Waals surface area contributed by atoms with Gasteiger partial charge in [-0.15, -0.1) is 0 Å². The Hall–Kier alpha value is -3.09. The summed E-state index contributed by atoms with van der Waals surface area (Å²) in [5, 5.41) is 4.43. The Morgan fingerprint density at radius 2 is 2.00 bits per heavy atom. The minimum Gasteiger partial charge on any atom is -0.355 e. The van der Waals surface area contributed by atoms with Crippen molar-refractivity contribution in [3.63, 3.8) is 0 Å². The van der Waals surface area contributed by atoms with Crippen LogP contribution in [0.15, 0.2) is 47.5 Å². The van der Waals surface area contributed by atoms with Crippen LogP contribution < -0.4 is 10.5 Å². The molecule has 0 radical (unpaired) electrons. The summed E-state index contributed by atoms with van der Waals surface area (Å²) in [5.74, 6) is 0.642. The lowest BCUT2D eigenvalue weighted by atomic mass is 10.1. The number of pyridine rings is 2. The highest BCUT2D eigenvalue weighted by Gasteiger charge is 2.21. The second kappa shape index (κ2) is 7.88. The van der Waals surface area contributed by atoms with E-state index in [9.17, 15) is 9.59 Å². The standard InChI is InChI=1S/C21H23N5O2/c1-25(16-5-2-3-6-16)20-8-9-21(28)26(24-20)14-17(27)11-15-12-19-18(23-13-15)7-4-10-22-19/h4,7-10,12-13,16H,2-3,5-6,11,14H2,1H3. The molecule has 1 fully saturated rings. The van der Waals surface area contributed by atoms with E-state index in [1.54, 1.807) is 18.5 Å². The average Bonchev–Trinajstić information content (AvgIpc) is 3.24. The second-order valence-corrected chi connectivity index (χ2v) is 7.34. The molecule has 1 aliphatic carbocycles. The minimum atomic E-state index is -0.268. The molecule has 3 aromatic heterocycles. The normalized spacial score (nSPS) is 14.5. The predicted octanol–water partition coefficient (Wildman–Crippen LogP) is 2.38. The molecule has 3 heterocycles. The van der Waals surface area contributed by atoms with Gasteiger partial charge < -0.3 is 4.90 Å². The van der Waals surface area contributed by atoms with Gasteiger partial charge in [-0.25, -0.2) is 4.68 Å². The van der Waals surface area contributed by atoms with Crippen LogP contribution in [0.5, 0.6) is 0 Å². The molecule has 28 heavy (non-hydrogen) atoms. The third-order valence-corrected chi connectivity index (χ3v) is 5.32. The molecule has 4 rings (SSSR count). The first kappa shape index (κ1) is 18.3. The predicted molar refractivity (Wildman–Crippen MR) is 107 cm³/mol. The van der Waals surface area contributed by atoms with Crippen molar-refractivity contribution in [3.05, 3.63) is 58.6 Å². The maximum atomic E-state index is 12.5. The SMILES string of the molecule is CN(c1ccc(=O)n(CC(=O)Cc2cnc3cccnc3c2)n1)C1CCCC1. The molecule has 0 N–H and O–H groups in total. The van der Waals surface area contributed by atoms with Crippen LogP contribution in [-0.4, -0.2) is 38.6 Å². The monoisotopic (exact) mass is 377 g/mol. The molecule has 0 spiro atoms. The molecule has 7 nitrogen and oxygen atoms in total. The highest BCUT2D eigenvalue weighted by Crippen LogP contribution is 2.25. The smallest absolute Gasteiger partial charge is 0.267 e. The van der Waals surface area contributed by atoms with E-state index >= 15 is 0 Å². The van der Waals surface area contributed by atoms with E-state index in [4.69, 9.17) is 0 Å². The molecule has 0 unspecified atom stereocenters. The van der Waals surface area contributed by atoms with Crippen molar-refractivity contribution in [3.8, 4) is 0 Å². The van der Waals surface area contributed by atoms with Crippen LogP contribution in [0.1, 0.15) is 31.2 Å². The van der Waals surface area contributed by atoms with Gasteiger partial charge in [0.2, 0.25) is 0 Å². The molecular weight excluding hydrogens is 354 g/mol. The lowest BCUT2D eigenvalue weighted by Gasteiger charge is -2.25. The second-order valence-electron chi connectivity index (χ2n) is 7.34. The van der Waals surface area contributed by atoms with Crippen LogP contribution in [0.3, 0.4) is 0 Å². The van der Waals surface area contributed by atoms with Crippen molar-refractivity contribution in [2.75, 3.05) is 11.9 Å². The number of carbonyl (C=O) groups excluding carboxylic acids is 1. The lowest BCUT2D eigenvalue weighted by molar-refractivity contribution is -0.119. The lowest BCUT2D eigenvalue weighted by Crippen LogP contribution is -2.33. The summed E-state index contributed by atoms with van der Waals surface area (Å²) in [6.45, 7) is -0.0502. The summed E-state index contributed by atoms with van der Waals surface area (Å²) in [6.07, 6.45) is 8.30. The third-order valence-electron chi connectivity index (χ3n) is 5.32. The van der Waals surface area contributed by atoms with Gasteiger partial charge in [-0.1, -0.05) is 12.8 Å². The van der Waals surface area contributed by atoms with Gasteiger partial charge in [-0.3, -0.25) is 19.6 Å². The van der Waals surface area contributed by atoms with E-state index in [2.05, 4.69) is 20.0 Å². The Kier molecular flexibility index (Phi) is 5.14. The van der Waals surface area contributed by atoms with Crippen molar-refractivity contribution in [2.45, 2.75) is 44.7 Å². The Bertz CT molecular complexity index is 1060. The highest BCUT2D eigenvalue weighted by atomic mass is 16.1. The summed E-state index contributed by atoms with van der Waals surface area (Å²) in [5.41, 5.74) is 2.06. The van der Waals surface area contributed by atoms with Gasteiger partial charge in [0.15, 0.2) is 5.78 Å². The first-order valence-corrected chi connectivity index (χ1v) is 9.62. The Morgan fingerprint density at radius 3 is 2.82 bits per heavy atom. The largest absolute Gasteiger partial charge is 0.355 e. The molecule has 1 aliphatic rings. The fraction of sp³-hybridized carbons (Fsp3) is 0.381. The molecular formula is C21H23N5O2. The summed E-state index contributed by atoms with van der Waals surface area (Å²) in [6, 6.07) is 9.24. The number of anilines is 1. The van der Waals surface area contributed by atoms with Gasteiger partial charge in [-0.05, 0) is 42.7 Å². The number of hydrogen-bond acceptors (Lipinski definition) is 6. The third kappa shape index (κ3) is 3.93. The summed E-state index contributed by atoms with van der Waals surface area (Å²) >= 11 is 0. The average molecular weight is 377 g/mol. The molecule has 0 amide bonds. The van der Waals surface area contributed by atoms with Crippen molar-refractivity contribution in [2.24, 2.45) is 0 Å². The minimum absolute atomic E-state index is 0.0502. The van der Waals surface area contributed by atoms with E-state index in [1.165, 1.54) is 23.6 Å². The van der Waals surface area contributed by atoms with Crippen LogP contribution in [0.4, 0.5) is 5.82 Å². The molecule has 0 atom stereocenters. The van der Waals surface area contributed by atoms with E-state index in [0.29, 0.717) is 6.04 Å². The molecule has 0 aromatic carbocycles. The van der Waals surface area contributed by atoms with Gasteiger partial charge in [0.1, 0.15) is 12.4 Å². The van der Waals surface area contributed by atoms with Crippen molar-refractivity contribution >= 4 is 22.6 Å². The van der Waals surface area contributed by atoms with Gasteiger partial charge in [0, 0.05) is 38.0 Å². The quantitative estimate of drug-likeness (QED) is 0.656. The van der Waals surface area contributed by atoms with E-state index in [0.717, 1.165) is 35.3 Å². The number of fused-ring (bicyclic) bond motifs is 1. The highest BCUT2D eigenvalue weighted by molar-refractivity contribution is 5.82. The number of Topliss-reactive ketones (excluding diaryl/α,β-unsaturated/α-hetero) is 1. The van der Waals surface area contributed by atoms with Gasteiger partial charge in [-0.2, -0.15) is 5.10 Å². The number of carbonyl (C=O) groups is 1. The fourth-order valence-corrected chi connectivity index (χ4v) is 3.76. The van der Waals surface area contributed by atoms with Gasteiger partial charge >= 0.3 is 0 Å². The zero-order valence-electron chi connectivity index (χ0n) is 15.9. The summed E-state index contributed by atoms with van der Waals surface area (Å²) < 4.78 is 1.26. The first-order chi connectivity index (χ1) is 13.6. The Morgan fingerprint density at radius 1 is 1.18 bits per heavy atom. The van der Waals surface area contributed by atoms with E-state index in [1.807, 2.05) is 25.2 Å². The van der Waals surface area contributed by atoms with Crippen molar-refractivity contribution < 1.29 is 4.79 Å². The number of nitrogens with zero attached hydrogens (tertiary/aromatic N) is 5. The summed E-state index contributed by atoms with van der Waals surface area (Å²) in [4.78, 5) is 35.5. The van der Waals surface area contributed by atoms with E-state index < -0.39 is 0 Å². The van der Waals surface area contributed by atoms with Gasteiger partial charge in [0.05, 0.1) is 11.0 Å². The van der Waals surface area contributed by atoms with Crippen LogP contribution in [-0.2, 0) is 17.8 Å². The number of aromatic nitrogens is 4. The Balaban J connectivity index is 1.48. The Labute approximate surface area is 163 Å². The molecule has 0 saturated heterocycles. The number of hydrogen-bond donors (Lipinski definition) is 0. The number of rotatable bonds is 6. The number of ketones is 1. The topological polar surface area (TPSA) is 81.0 Å². The van der Waals surface area contributed by atoms with Crippen molar-refractivity contribution in [1.82, 2.24) is 19.7 Å². The van der Waals surface area contributed by atoms with Gasteiger partial charge in [0.25, 0.3) is 5.56 Å². The fourth-order valence-electron chi connectivity index (χ4n) is 3.76. The molecule has 0 aliphatic heterocycles. The van der Waals surface area contributed by atoms with Crippen LogP contribution in [0, 0.1) is 0 Å².